The van der Waals surface area contributed by atoms with Gasteiger partial charge >= 0.3 is 0 Å². The molecule has 0 bridgehead atoms. The summed E-state index contributed by atoms with van der Waals surface area (Å²) >= 11 is 0. The van der Waals surface area contributed by atoms with Crippen LogP contribution in [-0.2, 0) is 0 Å². The zero-order chi connectivity index (χ0) is 20.2. The van der Waals surface area contributed by atoms with Gasteiger partial charge in [-0.2, -0.15) is 0 Å². The topological polar surface area (TPSA) is 68.2 Å². The Hall–Kier alpha value is -3.35. The number of carbonyl (C=O) groups excluding carboxylic acids is 1. The summed E-state index contributed by atoms with van der Waals surface area (Å²) in [7, 11) is 0. The first-order valence-electron chi connectivity index (χ1n) is 9.59. The summed E-state index contributed by atoms with van der Waals surface area (Å²) in [6.07, 6.45) is 6.29. The third-order valence-electron chi connectivity index (χ3n) is 5.11. The van der Waals surface area contributed by atoms with Crippen LogP contribution in [0.4, 0.5) is 4.39 Å². The highest BCUT2D eigenvalue weighted by atomic mass is 19.1. The molecule has 1 aromatic carbocycles. The summed E-state index contributed by atoms with van der Waals surface area (Å²) in [5.41, 5.74) is 0.763. The van der Waals surface area contributed by atoms with Crippen LogP contribution in [0.15, 0.2) is 61.1 Å². The molecule has 0 spiro atoms. The van der Waals surface area contributed by atoms with Crippen molar-refractivity contribution in [3.05, 3.63) is 72.4 Å². The number of amides is 1. The molecule has 3 aromatic rings. The van der Waals surface area contributed by atoms with E-state index in [0.717, 1.165) is 12.8 Å². The number of nitrogens with zero attached hydrogens (tertiary/aromatic N) is 4. The Morgan fingerprint density at radius 2 is 1.90 bits per heavy atom. The van der Waals surface area contributed by atoms with Crippen LogP contribution in [0.3, 0.4) is 0 Å². The molecule has 29 heavy (non-hydrogen) atoms. The summed E-state index contributed by atoms with van der Waals surface area (Å²) in [6, 6.07) is 11.1. The lowest BCUT2D eigenvalue weighted by Gasteiger charge is -2.39. The quantitative estimate of drug-likeness (QED) is 0.676. The third-order valence-corrected chi connectivity index (χ3v) is 5.11. The van der Waals surface area contributed by atoms with Crippen LogP contribution in [-0.4, -0.2) is 44.4 Å². The van der Waals surface area contributed by atoms with Gasteiger partial charge in [0.05, 0.1) is 11.6 Å². The molecule has 1 amide bonds. The highest BCUT2D eigenvalue weighted by molar-refractivity contribution is 6.00. The van der Waals surface area contributed by atoms with Crippen molar-refractivity contribution in [3.63, 3.8) is 0 Å². The summed E-state index contributed by atoms with van der Waals surface area (Å²) in [6.45, 7) is 2.52. The van der Waals surface area contributed by atoms with Crippen molar-refractivity contribution in [2.75, 3.05) is 6.54 Å². The number of rotatable bonds is 4. The van der Waals surface area contributed by atoms with E-state index in [2.05, 4.69) is 15.0 Å². The van der Waals surface area contributed by atoms with Crippen molar-refractivity contribution in [1.29, 1.82) is 0 Å². The minimum absolute atomic E-state index is 0.187. The number of likely N-dealkylation sites (tertiary alicyclic amines) is 1. The van der Waals surface area contributed by atoms with E-state index in [1.54, 1.807) is 41.7 Å². The number of hydrogen-bond acceptors (Lipinski definition) is 5. The maximum absolute atomic E-state index is 14.0. The number of halogens is 1. The Morgan fingerprint density at radius 1 is 1.10 bits per heavy atom. The van der Waals surface area contributed by atoms with E-state index < -0.39 is 5.82 Å². The SMILES string of the molecule is C[C@H]1[C@H](Oc2ccccn2)CCCN1C(=O)c1cc(F)ccc1-c1ncccn1. The lowest BCUT2D eigenvalue weighted by Crippen LogP contribution is -2.51. The second-order valence-electron chi connectivity index (χ2n) is 6.97. The fourth-order valence-electron chi connectivity index (χ4n) is 3.61. The van der Waals surface area contributed by atoms with Gasteiger partial charge in [0.25, 0.3) is 5.91 Å². The van der Waals surface area contributed by atoms with E-state index in [-0.39, 0.29) is 23.6 Å². The van der Waals surface area contributed by atoms with Gasteiger partial charge in [-0.1, -0.05) is 6.07 Å². The molecule has 1 fully saturated rings. The first-order valence-corrected chi connectivity index (χ1v) is 9.59. The van der Waals surface area contributed by atoms with Gasteiger partial charge in [-0.05, 0) is 50.1 Å². The van der Waals surface area contributed by atoms with Crippen LogP contribution in [0, 0.1) is 5.82 Å². The van der Waals surface area contributed by atoms with Gasteiger partial charge in [0.2, 0.25) is 5.88 Å². The average molecular weight is 392 g/mol. The molecule has 6 nitrogen and oxygen atoms in total. The fraction of sp³-hybridized carbons (Fsp3) is 0.273. The average Bonchev–Trinajstić information content (AvgIpc) is 2.76. The van der Waals surface area contributed by atoms with Crippen LogP contribution in [0.25, 0.3) is 11.4 Å². The maximum atomic E-state index is 14.0. The van der Waals surface area contributed by atoms with E-state index in [9.17, 15) is 9.18 Å². The molecule has 0 radical (unpaired) electrons. The summed E-state index contributed by atoms with van der Waals surface area (Å²) in [4.78, 5) is 27.8. The normalized spacial score (nSPS) is 19.0. The second-order valence-corrected chi connectivity index (χ2v) is 6.97. The third kappa shape index (κ3) is 4.08. The number of hydrogen-bond donors (Lipinski definition) is 0. The first-order chi connectivity index (χ1) is 14.1. The van der Waals surface area contributed by atoms with Crippen molar-refractivity contribution in [3.8, 4) is 17.3 Å². The Morgan fingerprint density at radius 3 is 2.66 bits per heavy atom. The first kappa shape index (κ1) is 19.0. The van der Waals surface area contributed by atoms with Gasteiger partial charge in [0.1, 0.15) is 11.9 Å². The van der Waals surface area contributed by atoms with Crippen LogP contribution in [0.1, 0.15) is 30.1 Å². The summed E-state index contributed by atoms with van der Waals surface area (Å²) < 4.78 is 20.0. The predicted molar refractivity (Wildman–Crippen MR) is 106 cm³/mol. The highest BCUT2D eigenvalue weighted by Gasteiger charge is 2.34. The number of ether oxygens (including phenoxy) is 1. The molecule has 148 valence electrons. The van der Waals surface area contributed by atoms with Crippen molar-refractivity contribution < 1.29 is 13.9 Å². The molecule has 0 aliphatic carbocycles. The standard InChI is InChI=1S/C22H21FN4O2/c1-15-19(29-20-7-2-3-10-24-20)6-4-13-27(15)22(28)18-14-16(23)8-9-17(18)21-25-11-5-12-26-21/h2-3,5,7-12,14-15,19H,4,6,13H2,1H3/t15-,19+/m0/s1. The zero-order valence-electron chi connectivity index (χ0n) is 16.0. The van der Waals surface area contributed by atoms with Gasteiger partial charge in [-0.25, -0.2) is 19.3 Å². The van der Waals surface area contributed by atoms with E-state index >= 15 is 0 Å². The monoisotopic (exact) mass is 392 g/mol. The van der Waals surface area contributed by atoms with Gasteiger partial charge in [-0.15, -0.1) is 0 Å². The maximum Gasteiger partial charge on any atom is 0.255 e. The van der Waals surface area contributed by atoms with Crippen molar-refractivity contribution in [1.82, 2.24) is 19.9 Å². The molecule has 0 unspecified atom stereocenters. The minimum Gasteiger partial charge on any atom is -0.472 e. The molecule has 1 saturated heterocycles. The predicted octanol–water partition coefficient (Wildman–Crippen LogP) is 3.75. The number of carbonyl (C=O) groups is 1. The van der Waals surface area contributed by atoms with Gasteiger partial charge < -0.3 is 9.64 Å². The molecular weight excluding hydrogens is 371 g/mol. The highest BCUT2D eigenvalue weighted by Crippen LogP contribution is 2.27. The zero-order valence-corrected chi connectivity index (χ0v) is 16.0. The second kappa shape index (κ2) is 8.34. The Labute approximate surface area is 168 Å². The smallest absolute Gasteiger partial charge is 0.255 e. The van der Waals surface area contributed by atoms with Gasteiger partial charge in [-0.3, -0.25) is 4.79 Å². The van der Waals surface area contributed by atoms with Crippen LogP contribution >= 0.6 is 0 Å². The lowest BCUT2D eigenvalue weighted by atomic mass is 9.97. The van der Waals surface area contributed by atoms with Gasteiger partial charge in [0.15, 0.2) is 5.82 Å². The molecule has 7 heteroatoms. The molecule has 1 aliphatic heterocycles. The molecule has 2 atom stereocenters. The molecule has 4 rings (SSSR count). The molecule has 2 aromatic heterocycles. The van der Waals surface area contributed by atoms with E-state index in [4.69, 9.17) is 4.74 Å². The van der Waals surface area contributed by atoms with E-state index in [0.29, 0.717) is 23.8 Å². The number of aromatic nitrogens is 3. The Kier molecular flexibility index (Phi) is 5.46. The molecule has 1 aliphatic rings. The molecule has 0 saturated carbocycles. The molecule has 3 heterocycles. The van der Waals surface area contributed by atoms with Crippen LogP contribution in [0.2, 0.25) is 0 Å². The van der Waals surface area contributed by atoms with Gasteiger partial charge in [0, 0.05) is 36.8 Å². The number of benzene rings is 1. The molecular formula is C22H21FN4O2. The van der Waals surface area contributed by atoms with Crippen LogP contribution in [0.5, 0.6) is 5.88 Å². The summed E-state index contributed by atoms with van der Waals surface area (Å²) in [5.74, 6) is 0.192. The minimum atomic E-state index is -0.473. The fourth-order valence-corrected chi connectivity index (χ4v) is 3.61. The van der Waals surface area contributed by atoms with E-state index in [1.165, 1.54) is 12.1 Å². The van der Waals surface area contributed by atoms with Crippen molar-refractivity contribution in [2.45, 2.75) is 31.9 Å². The van der Waals surface area contributed by atoms with Crippen LogP contribution < -0.4 is 4.74 Å². The Balaban J connectivity index is 1.61. The molecule has 0 N–H and O–H groups in total. The van der Waals surface area contributed by atoms with E-state index in [1.807, 2.05) is 19.1 Å². The lowest BCUT2D eigenvalue weighted by molar-refractivity contribution is 0.0266. The summed E-state index contributed by atoms with van der Waals surface area (Å²) in [5, 5.41) is 0. The largest absolute Gasteiger partial charge is 0.472 e. The number of pyridine rings is 1. The Bertz CT molecular complexity index is 985. The van der Waals surface area contributed by atoms with Crippen molar-refractivity contribution in [2.24, 2.45) is 0 Å². The number of piperidine rings is 1. The van der Waals surface area contributed by atoms with Crippen molar-refractivity contribution >= 4 is 5.91 Å².